The van der Waals surface area contributed by atoms with E-state index in [2.05, 4.69) is 5.32 Å². The summed E-state index contributed by atoms with van der Waals surface area (Å²) in [4.78, 5) is 27.4. The molecule has 1 aliphatic heterocycles. The number of rotatable bonds is 4. The molecule has 5 nitrogen and oxygen atoms in total. The van der Waals surface area contributed by atoms with Gasteiger partial charge in [0.25, 0.3) is 5.91 Å². The van der Waals surface area contributed by atoms with Crippen LogP contribution in [0, 0.1) is 0 Å². The van der Waals surface area contributed by atoms with Crippen molar-refractivity contribution in [1.82, 2.24) is 4.90 Å². The van der Waals surface area contributed by atoms with E-state index in [1.165, 1.54) is 11.3 Å². The molecule has 1 aliphatic rings. The molecular weight excluding hydrogens is 312 g/mol. The summed E-state index contributed by atoms with van der Waals surface area (Å²) >= 11 is 1.40. The first kappa shape index (κ1) is 15.6. The van der Waals surface area contributed by atoms with Gasteiger partial charge in [-0.05, 0) is 48.6 Å². The highest BCUT2D eigenvalue weighted by molar-refractivity contribution is 7.12. The van der Waals surface area contributed by atoms with Crippen molar-refractivity contribution < 1.29 is 14.3 Å². The number of thiophene rings is 1. The van der Waals surface area contributed by atoms with Crippen LogP contribution in [0.5, 0.6) is 5.75 Å². The lowest BCUT2D eigenvalue weighted by atomic mass is 10.2. The molecule has 23 heavy (non-hydrogen) atoms. The van der Waals surface area contributed by atoms with E-state index in [0.717, 1.165) is 12.2 Å². The number of ether oxygens (including phenoxy) is 1. The fourth-order valence-corrected chi connectivity index (χ4v) is 3.40. The van der Waals surface area contributed by atoms with Gasteiger partial charge >= 0.3 is 0 Å². The Kier molecular flexibility index (Phi) is 4.62. The third-order valence-electron chi connectivity index (χ3n) is 3.91. The average molecular weight is 330 g/mol. The van der Waals surface area contributed by atoms with E-state index in [9.17, 15) is 9.59 Å². The van der Waals surface area contributed by atoms with Crippen LogP contribution in [0.1, 0.15) is 22.5 Å². The Morgan fingerprint density at radius 2 is 2.04 bits per heavy atom. The second kappa shape index (κ2) is 6.83. The highest BCUT2D eigenvalue weighted by atomic mass is 32.1. The fourth-order valence-electron chi connectivity index (χ4n) is 2.72. The second-order valence-corrected chi connectivity index (χ2v) is 6.30. The molecule has 0 spiro atoms. The lowest BCUT2D eigenvalue weighted by molar-refractivity contribution is -0.119. The lowest BCUT2D eigenvalue weighted by Crippen LogP contribution is -2.42. The van der Waals surface area contributed by atoms with Crippen LogP contribution in [0.15, 0.2) is 41.8 Å². The highest BCUT2D eigenvalue weighted by Gasteiger charge is 2.34. The van der Waals surface area contributed by atoms with Gasteiger partial charge in [-0.15, -0.1) is 11.3 Å². The molecule has 1 aromatic heterocycles. The molecule has 1 aromatic carbocycles. The smallest absolute Gasteiger partial charge is 0.264 e. The van der Waals surface area contributed by atoms with Crippen molar-refractivity contribution in [1.29, 1.82) is 0 Å². The zero-order chi connectivity index (χ0) is 16.2. The molecule has 1 saturated heterocycles. The lowest BCUT2D eigenvalue weighted by Gasteiger charge is -2.23. The number of methoxy groups -OCH3 is 1. The molecule has 0 saturated carbocycles. The van der Waals surface area contributed by atoms with Gasteiger partial charge in [0.2, 0.25) is 5.91 Å². The van der Waals surface area contributed by atoms with Gasteiger partial charge in [-0.3, -0.25) is 9.59 Å². The minimum absolute atomic E-state index is 0.0626. The summed E-state index contributed by atoms with van der Waals surface area (Å²) in [5, 5.41) is 4.75. The Bertz CT molecular complexity index is 682. The number of hydrogen-bond donors (Lipinski definition) is 1. The number of hydrogen-bond acceptors (Lipinski definition) is 4. The molecule has 3 rings (SSSR count). The van der Waals surface area contributed by atoms with E-state index < -0.39 is 6.04 Å². The van der Waals surface area contributed by atoms with Crippen LogP contribution in [0.25, 0.3) is 0 Å². The minimum atomic E-state index is -0.410. The normalized spacial score (nSPS) is 17.1. The number of benzene rings is 1. The SMILES string of the molecule is COc1ccc(NC(=O)[C@H]2CCCN2C(=O)c2cccs2)cc1. The van der Waals surface area contributed by atoms with Crippen molar-refractivity contribution in [2.24, 2.45) is 0 Å². The molecule has 0 radical (unpaired) electrons. The van der Waals surface area contributed by atoms with E-state index in [-0.39, 0.29) is 11.8 Å². The van der Waals surface area contributed by atoms with Gasteiger partial charge in [0.15, 0.2) is 0 Å². The third-order valence-corrected chi connectivity index (χ3v) is 4.76. The van der Waals surface area contributed by atoms with E-state index in [0.29, 0.717) is 23.5 Å². The van der Waals surface area contributed by atoms with Crippen LogP contribution in [0.3, 0.4) is 0 Å². The van der Waals surface area contributed by atoms with Gasteiger partial charge in [0, 0.05) is 12.2 Å². The summed E-state index contributed by atoms with van der Waals surface area (Å²) in [5.74, 6) is 0.531. The van der Waals surface area contributed by atoms with Gasteiger partial charge in [-0.25, -0.2) is 0 Å². The zero-order valence-electron chi connectivity index (χ0n) is 12.8. The molecule has 0 aliphatic carbocycles. The molecule has 2 heterocycles. The Balaban J connectivity index is 1.69. The van der Waals surface area contributed by atoms with Crippen LogP contribution in [-0.4, -0.2) is 36.4 Å². The number of nitrogens with zero attached hydrogens (tertiary/aromatic N) is 1. The Morgan fingerprint density at radius 1 is 1.26 bits per heavy atom. The number of amides is 2. The van der Waals surface area contributed by atoms with Crippen molar-refractivity contribution >= 4 is 28.8 Å². The molecule has 1 atom stereocenters. The molecular formula is C17H18N2O3S. The first-order valence-electron chi connectivity index (χ1n) is 7.48. The number of carbonyl (C=O) groups excluding carboxylic acids is 2. The first-order chi connectivity index (χ1) is 11.2. The summed E-state index contributed by atoms with van der Waals surface area (Å²) in [6.07, 6.45) is 1.54. The van der Waals surface area contributed by atoms with Gasteiger partial charge in [0.1, 0.15) is 11.8 Å². The highest BCUT2D eigenvalue weighted by Crippen LogP contribution is 2.24. The van der Waals surface area contributed by atoms with Crippen molar-refractivity contribution in [3.63, 3.8) is 0 Å². The summed E-state index contributed by atoms with van der Waals surface area (Å²) in [6, 6.07) is 10.4. The molecule has 2 amide bonds. The van der Waals surface area contributed by atoms with Crippen LogP contribution in [0.4, 0.5) is 5.69 Å². The van der Waals surface area contributed by atoms with Crippen LogP contribution in [-0.2, 0) is 4.79 Å². The first-order valence-corrected chi connectivity index (χ1v) is 8.36. The minimum Gasteiger partial charge on any atom is -0.497 e. The van der Waals surface area contributed by atoms with Gasteiger partial charge in [0.05, 0.1) is 12.0 Å². The van der Waals surface area contributed by atoms with Gasteiger partial charge in [-0.1, -0.05) is 6.07 Å². The van der Waals surface area contributed by atoms with E-state index in [1.807, 2.05) is 11.4 Å². The maximum Gasteiger partial charge on any atom is 0.264 e. The molecule has 0 bridgehead atoms. The summed E-state index contributed by atoms with van der Waals surface area (Å²) in [7, 11) is 1.60. The van der Waals surface area contributed by atoms with Gasteiger partial charge < -0.3 is 15.0 Å². The summed E-state index contributed by atoms with van der Waals surface area (Å²) in [5.41, 5.74) is 0.700. The molecule has 1 fully saturated rings. The predicted molar refractivity (Wildman–Crippen MR) is 90.0 cm³/mol. The van der Waals surface area contributed by atoms with Crippen molar-refractivity contribution in [2.75, 3.05) is 19.0 Å². The molecule has 120 valence electrons. The number of carbonyl (C=O) groups is 2. The number of anilines is 1. The maximum absolute atomic E-state index is 12.5. The van der Waals surface area contributed by atoms with E-state index in [1.54, 1.807) is 42.3 Å². The largest absolute Gasteiger partial charge is 0.497 e. The number of nitrogens with one attached hydrogen (secondary N) is 1. The number of likely N-dealkylation sites (tertiary alicyclic amines) is 1. The predicted octanol–water partition coefficient (Wildman–Crippen LogP) is 3.00. The van der Waals surface area contributed by atoms with Crippen molar-refractivity contribution in [3.8, 4) is 5.75 Å². The van der Waals surface area contributed by atoms with Gasteiger partial charge in [-0.2, -0.15) is 0 Å². The monoisotopic (exact) mass is 330 g/mol. The Morgan fingerprint density at radius 3 is 2.70 bits per heavy atom. The van der Waals surface area contributed by atoms with E-state index >= 15 is 0 Å². The molecule has 1 N–H and O–H groups in total. The van der Waals surface area contributed by atoms with Crippen molar-refractivity contribution in [2.45, 2.75) is 18.9 Å². The molecule has 2 aromatic rings. The fraction of sp³-hybridized carbons (Fsp3) is 0.294. The summed E-state index contributed by atoms with van der Waals surface area (Å²) in [6.45, 7) is 0.622. The summed E-state index contributed by atoms with van der Waals surface area (Å²) < 4.78 is 5.10. The quantitative estimate of drug-likeness (QED) is 0.937. The third kappa shape index (κ3) is 3.37. The topological polar surface area (TPSA) is 58.6 Å². The van der Waals surface area contributed by atoms with Crippen LogP contribution in [0.2, 0.25) is 0 Å². The van der Waals surface area contributed by atoms with Crippen molar-refractivity contribution in [3.05, 3.63) is 46.7 Å². The molecule has 6 heteroatoms. The Labute approximate surface area is 138 Å². The van der Waals surface area contributed by atoms with E-state index in [4.69, 9.17) is 4.74 Å². The average Bonchev–Trinajstić information content (AvgIpc) is 3.26. The second-order valence-electron chi connectivity index (χ2n) is 5.35. The maximum atomic E-state index is 12.5. The molecule has 0 unspecified atom stereocenters. The Hall–Kier alpha value is -2.34. The van der Waals surface area contributed by atoms with Crippen LogP contribution >= 0.6 is 11.3 Å². The standard InChI is InChI=1S/C17H18N2O3S/c1-22-13-8-6-12(7-9-13)18-16(20)14-4-2-10-19(14)17(21)15-5-3-11-23-15/h3,5-9,11,14H,2,4,10H2,1H3,(H,18,20)/t14-/m1/s1. The zero-order valence-corrected chi connectivity index (χ0v) is 13.6. The van der Waals surface area contributed by atoms with Crippen LogP contribution < -0.4 is 10.1 Å².